The minimum atomic E-state index is 0.219. The van der Waals surface area contributed by atoms with Crippen LogP contribution in [0.25, 0.3) is 0 Å². The maximum atomic E-state index is 9.64. The third-order valence-electron chi connectivity index (χ3n) is 0.874. The highest BCUT2D eigenvalue weighted by molar-refractivity contribution is 5.36. The van der Waals surface area contributed by atoms with Crippen molar-refractivity contribution in [2.45, 2.75) is 6.61 Å². The Hall–Kier alpha value is -1.25. The van der Waals surface area contributed by atoms with Crippen molar-refractivity contribution in [3.05, 3.63) is 24.2 Å². The van der Waals surface area contributed by atoms with Crippen LogP contribution in [0.1, 0.15) is 5.76 Å². The van der Waals surface area contributed by atoms with Gasteiger partial charge in [-0.3, -0.25) is 4.79 Å². The molecular formula is C6H6O3. The van der Waals surface area contributed by atoms with Gasteiger partial charge in [0.25, 0.3) is 6.47 Å². The van der Waals surface area contributed by atoms with E-state index in [9.17, 15) is 4.79 Å². The van der Waals surface area contributed by atoms with E-state index in [1.165, 1.54) is 6.26 Å². The number of furan rings is 1. The van der Waals surface area contributed by atoms with Gasteiger partial charge in [0.1, 0.15) is 12.4 Å². The van der Waals surface area contributed by atoms with Gasteiger partial charge < -0.3 is 9.15 Å². The van der Waals surface area contributed by atoms with Gasteiger partial charge in [-0.15, -0.1) is 0 Å². The molecule has 1 heterocycles. The molecule has 1 aromatic rings. The fraction of sp³-hybridized carbons (Fsp3) is 0.167. The van der Waals surface area contributed by atoms with E-state index >= 15 is 0 Å². The van der Waals surface area contributed by atoms with Gasteiger partial charge in [-0.2, -0.15) is 0 Å². The van der Waals surface area contributed by atoms with Gasteiger partial charge in [-0.1, -0.05) is 0 Å². The largest absolute Gasteiger partial charge is 0.466 e. The van der Waals surface area contributed by atoms with Crippen LogP contribution in [0.3, 0.4) is 0 Å². The molecule has 0 N–H and O–H groups in total. The molecule has 0 amide bonds. The fourth-order valence-electron chi connectivity index (χ4n) is 0.511. The molecule has 0 atom stereocenters. The van der Waals surface area contributed by atoms with Crippen LogP contribution in [0.15, 0.2) is 22.8 Å². The van der Waals surface area contributed by atoms with Crippen molar-refractivity contribution in [1.29, 1.82) is 0 Å². The van der Waals surface area contributed by atoms with Crippen molar-refractivity contribution in [2.75, 3.05) is 0 Å². The molecule has 48 valence electrons. The SMILES string of the molecule is O=COCc1ccco1. The Balaban J connectivity index is 2.38. The molecule has 0 radical (unpaired) electrons. The molecule has 0 aliphatic heterocycles. The third-order valence-corrected chi connectivity index (χ3v) is 0.874. The second kappa shape index (κ2) is 2.91. The molecule has 0 saturated carbocycles. The molecule has 1 aromatic heterocycles. The lowest BCUT2D eigenvalue weighted by Crippen LogP contribution is -1.85. The number of hydrogen-bond donors (Lipinski definition) is 0. The lowest BCUT2D eigenvalue weighted by atomic mass is 10.5. The van der Waals surface area contributed by atoms with Crippen LogP contribution in [0, 0.1) is 0 Å². The third kappa shape index (κ3) is 1.60. The first-order valence-corrected chi connectivity index (χ1v) is 2.51. The molecule has 0 saturated heterocycles. The maximum Gasteiger partial charge on any atom is 0.293 e. The van der Waals surface area contributed by atoms with E-state index in [1.807, 2.05) is 0 Å². The monoisotopic (exact) mass is 126 g/mol. The first kappa shape index (κ1) is 5.88. The average Bonchev–Trinajstić information content (AvgIpc) is 2.34. The molecular weight excluding hydrogens is 120 g/mol. The van der Waals surface area contributed by atoms with Gasteiger partial charge in [0.2, 0.25) is 0 Å². The maximum absolute atomic E-state index is 9.64. The highest BCUT2D eigenvalue weighted by atomic mass is 16.5. The van der Waals surface area contributed by atoms with Crippen LogP contribution < -0.4 is 0 Å². The molecule has 0 bridgehead atoms. The molecule has 0 aliphatic carbocycles. The average molecular weight is 126 g/mol. The lowest BCUT2D eigenvalue weighted by molar-refractivity contribution is -0.130. The first-order chi connectivity index (χ1) is 4.43. The zero-order valence-electron chi connectivity index (χ0n) is 4.74. The smallest absolute Gasteiger partial charge is 0.293 e. The number of rotatable bonds is 3. The van der Waals surface area contributed by atoms with Crippen LogP contribution in [-0.4, -0.2) is 6.47 Å². The zero-order chi connectivity index (χ0) is 6.53. The van der Waals surface area contributed by atoms with E-state index in [0.717, 1.165) is 0 Å². The highest BCUT2D eigenvalue weighted by Crippen LogP contribution is 1.99. The molecule has 0 unspecified atom stereocenters. The molecule has 3 nitrogen and oxygen atoms in total. The van der Waals surface area contributed by atoms with Crippen molar-refractivity contribution in [3.63, 3.8) is 0 Å². The van der Waals surface area contributed by atoms with Gasteiger partial charge in [0, 0.05) is 0 Å². The summed E-state index contributed by atoms with van der Waals surface area (Å²) in [6.07, 6.45) is 1.53. The lowest BCUT2D eigenvalue weighted by Gasteiger charge is -1.90. The Labute approximate surface area is 52.2 Å². The van der Waals surface area contributed by atoms with Crippen LogP contribution >= 0.6 is 0 Å². The summed E-state index contributed by atoms with van der Waals surface area (Å²) >= 11 is 0. The quantitative estimate of drug-likeness (QED) is 0.566. The fourth-order valence-corrected chi connectivity index (χ4v) is 0.511. The molecule has 0 spiro atoms. The predicted octanol–water partition coefficient (Wildman–Crippen LogP) is 0.953. The first-order valence-electron chi connectivity index (χ1n) is 2.51. The van der Waals surface area contributed by atoms with Gasteiger partial charge in [0.05, 0.1) is 6.26 Å². The summed E-state index contributed by atoms with van der Waals surface area (Å²) in [5.74, 6) is 0.655. The molecule has 1 rings (SSSR count). The van der Waals surface area contributed by atoms with Gasteiger partial charge >= 0.3 is 0 Å². The van der Waals surface area contributed by atoms with Crippen LogP contribution in [0.5, 0.6) is 0 Å². The number of hydrogen-bond acceptors (Lipinski definition) is 3. The van der Waals surface area contributed by atoms with Crippen LogP contribution in [0.2, 0.25) is 0 Å². The summed E-state index contributed by atoms with van der Waals surface area (Å²) in [6.45, 7) is 0.610. The summed E-state index contributed by atoms with van der Waals surface area (Å²) in [7, 11) is 0. The Morgan fingerprint density at radius 2 is 2.67 bits per heavy atom. The number of carbonyl (C=O) groups excluding carboxylic acids is 1. The predicted molar refractivity (Wildman–Crippen MR) is 29.6 cm³/mol. The summed E-state index contributed by atoms with van der Waals surface area (Å²) in [5, 5.41) is 0. The van der Waals surface area contributed by atoms with Crippen molar-refractivity contribution in [2.24, 2.45) is 0 Å². The number of carbonyl (C=O) groups is 1. The summed E-state index contributed by atoms with van der Waals surface area (Å²) in [6, 6.07) is 3.48. The Morgan fingerprint density at radius 1 is 1.78 bits per heavy atom. The molecule has 9 heavy (non-hydrogen) atoms. The summed E-state index contributed by atoms with van der Waals surface area (Å²) < 4.78 is 9.26. The highest BCUT2D eigenvalue weighted by Gasteiger charge is 1.91. The minimum Gasteiger partial charge on any atom is -0.466 e. The number of ether oxygens (including phenoxy) is 1. The standard InChI is InChI=1S/C6H6O3/c7-5-8-4-6-2-1-3-9-6/h1-3,5H,4H2. The van der Waals surface area contributed by atoms with E-state index < -0.39 is 0 Å². The molecule has 0 fully saturated rings. The minimum absolute atomic E-state index is 0.219. The topological polar surface area (TPSA) is 39.4 Å². The Kier molecular flexibility index (Phi) is 1.90. The van der Waals surface area contributed by atoms with Gasteiger partial charge in [-0.25, -0.2) is 0 Å². The van der Waals surface area contributed by atoms with Gasteiger partial charge in [-0.05, 0) is 12.1 Å². The Bertz CT molecular complexity index is 166. The molecule has 3 heteroatoms. The van der Waals surface area contributed by atoms with Gasteiger partial charge in [0.15, 0.2) is 0 Å². The van der Waals surface area contributed by atoms with Crippen molar-refractivity contribution in [3.8, 4) is 0 Å². The normalized spacial score (nSPS) is 8.89. The van der Waals surface area contributed by atoms with E-state index in [2.05, 4.69) is 4.74 Å². The van der Waals surface area contributed by atoms with Crippen molar-refractivity contribution >= 4 is 6.47 Å². The van der Waals surface area contributed by atoms with Crippen LogP contribution in [0.4, 0.5) is 0 Å². The summed E-state index contributed by atoms with van der Waals surface area (Å²) in [4.78, 5) is 9.64. The second-order valence-corrected chi connectivity index (χ2v) is 1.49. The molecule has 0 aliphatic rings. The van der Waals surface area contributed by atoms with Crippen molar-refractivity contribution in [1.82, 2.24) is 0 Å². The zero-order valence-corrected chi connectivity index (χ0v) is 4.74. The van der Waals surface area contributed by atoms with E-state index in [0.29, 0.717) is 12.2 Å². The second-order valence-electron chi connectivity index (χ2n) is 1.49. The van der Waals surface area contributed by atoms with E-state index in [4.69, 9.17) is 4.42 Å². The van der Waals surface area contributed by atoms with E-state index in [-0.39, 0.29) is 6.61 Å². The van der Waals surface area contributed by atoms with E-state index in [1.54, 1.807) is 12.1 Å². The summed E-state index contributed by atoms with van der Waals surface area (Å²) in [5.41, 5.74) is 0. The Morgan fingerprint density at radius 3 is 3.22 bits per heavy atom. The van der Waals surface area contributed by atoms with Crippen molar-refractivity contribution < 1.29 is 13.9 Å². The van der Waals surface area contributed by atoms with Crippen LogP contribution in [-0.2, 0) is 16.1 Å². The molecule has 0 aromatic carbocycles.